The van der Waals surface area contributed by atoms with Crippen LogP contribution < -0.4 is 15.4 Å². The third-order valence-corrected chi connectivity index (χ3v) is 5.26. The van der Waals surface area contributed by atoms with Gasteiger partial charge in [-0.1, -0.05) is 18.7 Å². The fourth-order valence-electron chi connectivity index (χ4n) is 3.06. The number of aromatic nitrogens is 4. The zero-order chi connectivity index (χ0) is 22.8. The van der Waals surface area contributed by atoms with Gasteiger partial charge in [0.25, 0.3) is 5.91 Å². The number of rotatable bonds is 13. The summed E-state index contributed by atoms with van der Waals surface area (Å²) in [6.07, 6.45) is 1.76. The lowest BCUT2D eigenvalue weighted by molar-refractivity contribution is 0.0952. The van der Waals surface area contributed by atoms with Crippen LogP contribution in [-0.4, -0.2) is 64.3 Å². The summed E-state index contributed by atoms with van der Waals surface area (Å²) >= 11 is 1.58. The average Bonchev–Trinajstić information content (AvgIpc) is 3.20. The SMILES string of the molecule is CCOCCNc1nc(SCC)nc2c1cnn2CCNC(=O)c1ccc(OCC)cc1. The number of thioether (sulfide) groups is 1. The highest BCUT2D eigenvalue weighted by Gasteiger charge is 2.13. The summed E-state index contributed by atoms with van der Waals surface area (Å²) < 4.78 is 12.6. The van der Waals surface area contributed by atoms with Crippen molar-refractivity contribution in [2.45, 2.75) is 32.5 Å². The second-order valence-corrected chi connectivity index (χ2v) is 7.96. The lowest BCUT2D eigenvalue weighted by atomic mass is 10.2. The van der Waals surface area contributed by atoms with Crippen LogP contribution in [0, 0.1) is 0 Å². The van der Waals surface area contributed by atoms with Gasteiger partial charge in [0.2, 0.25) is 0 Å². The van der Waals surface area contributed by atoms with Gasteiger partial charge in [-0.3, -0.25) is 4.79 Å². The van der Waals surface area contributed by atoms with Gasteiger partial charge < -0.3 is 20.1 Å². The Balaban J connectivity index is 1.66. The topological polar surface area (TPSA) is 103 Å². The Morgan fingerprint density at radius 3 is 2.62 bits per heavy atom. The first kappa shape index (κ1) is 23.8. The van der Waals surface area contributed by atoms with Crippen LogP contribution in [0.2, 0.25) is 0 Å². The molecule has 0 unspecified atom stereocenters. The van der Waals surface area contributed by atoms with Crippen molar-refractivity contribution in [1.29, 1.82) is 0 Å². The number of hydrogen-bond donors (Lipinski definition) is 2. The standard InChI is InChI=1S/C22H30N6O3S/c1-4-30-14-12-23-19-18-15-25-28(20(18)27-22(26-19)32-6-3)13-11-24-21(29)16-7-9-17(10-8-16)31-5-2/h7-10,15H,4-6,11-14H2,1-3H3,(H,24,29)(H,23,26,27). The van der Waals surface area contributed by atoms with Crippen molar-refractivity contribution in [3.63, 3.8) is 0 Å². The number of carbonyl (C=O) groups excluding carboxylic acids is 1. The number of ether oxygens (including phenoxy) is 2. The second kappa shape index (κ2) is 12.3. The molecule has 0 saturated carbocycles. The Morgan fingerprint density at radius 2 is 1.91 bits per heavy atom. The van der Waals surface area contributed by atoms with Gasteiger partial charge in [-0.15, -0.1) is 0 Å². The first-order valence-electron chi connectivity index (χ1n) is 10.8. The molecule has 0 bridgehead atoms. The molecule has 2 heterocycles. The van der Waals surface area contributed by atoms with Crippen molar-refractivity contribution >= 4 is 34.5 Å². The van der Waals surface area contributed by atoms with E-state index in [0.29, 0.717) is 50.2 Å². The van der Waals surface area contributed by atoms with Gasteiger partial charge >= 0.3 is 0 Å². The number of benzene rings is 1. The molecule has 3 aromatic rings. The van der Waals surface area contributed by atoms with Crippen LogP contribution in [0.3, 0.4) is 0 Å². The number of nitrogens with zero attached hydrogens (tertiary/aromatic N) is 4. The van der Waals surface area contributed by atoms with E-state index < -0.39 is 0 Å². The lowest BCUT2D eigenvalue weighted by Gasteiger charge is -2.10. The van der Waals surface area contributed by atoms with Gasteiger partial charge in [0.1, 0.15) is 11.6 Å². The van der Waals surface area contributed by atoms with Crippen LogP contribution in [0.15, 0.2) is 35.6 Å². The molecule has 0 fully saturated rings. The zero-order valence-electron chi connectivity index (χ0n) is 18.8. The Labute approximate surface area is 192 Å². The van der Waals surface area contributed by atoms with Gasteiger partial charge in [-0.05, 0) is 43.9 Å². The van der Waals surface area contributed by atoms with E-state index in [1.165, 1.54) is 0 Å². The second-order valence-electron chi connectivity index (χ2n) is 6.73. The molecule has 1 aromatic carbocycles. The quantitative estimate of drug-likeness (QED) is 0.229. The molecule has 2 N–H and O–H groups in total. The molecule has 0 aliphatic rings. The number of nitrogens with one attached hydrogen (secondary N) is 2. The number of hydrogen-bond acceptors (Lipinski definition) is 8. The van der Waals surface area contributed by atoms with Crippen LogP contribution in [0.1, 0.15) is 31.1 Å². The van der Waals surface area contributed by atoms with E-state index in [4.69, 9.17) is 9.47 Å². The van der Waals surface area contributed by atoms with E-state index >= 15 is 0 Å². The van der Waals surface area contributed by atoms with E-state index in [9.17, 15) is 4.79 Å². The largest absolute Gasteiger partial charge is 0.494 e. The molecule has 0 aliphatic heterocycles. The maximum absolute atomic E-state index is 12.4. The minimum atomic E-state index is -0.139. The predicted octanol–water partition coefficient (Wildman–Crippen LogP) is 3.22. The van der Waals surface area contributed by atoms with Crippen molar-refractivity contribution in [1.82, 2.24) is 25.1 Å². The van der Waals surface area contributed by atoms with Gasteiger partial charge in [0.05, 0.1) is 31.3 Å². The van der Waals surface area contributed by atoms with E-state index in [-0.39, 0.29) is 5.91 Å². The number of anilines is 1. The van der Waals surface area contributed by atoms with E-state index in [1.807, 2.05) is 13.8 Å². The van der Waals surface area contributed by atoms with Crippen molar-refractivity contribution in [2.75, 3.05) is 44.0 Å². The third kappa shape index (κ3) is 6.33. The summed E-state index contributed by atoms with van der Waals surface area (Å²) in [5.41, 5.74) is 1.33. The molecule has 0 aliphatic carbocycles. The summed E-state index contributed by atoms with van der Waals surface area (Å²) in [4.78, 5) is 21.7. The average molecular weight is 459 g/mol. The van der Waals surface area contributed by atoms with Crippen molar-refractivity contribution in [3.8, 4) is 5.75 Å². The zero-order valence-corrected chi connectivity index (χ0v) is 19.6. The molecule has 1 amide bonds. The van der Waals surface area contributed by atoms with Crippen LogP contribution in [0.25, 0.3) is 11.0 Å². The predicted molar refractivity (Wildman–Crippen MR) is 127 cm³/mol. The molecule has 2 aromatic heterocycles. The lowest BCUT2D eigenvalue weighted by Crippen LogP contribution is -2.27. The van der Waals surface area contributed by atoms with Gasteiger partial charge in [0, 0.05) is 25.3 Å². The molecule has 0 atom stereocenters. The normalized spacial score (nSPS) is 11.0. The summed E-state index contributed by atoms with van der Waals surface area (Å²) in [5.74, 6) is 2.23. The molecule has 3 rings (SSSR count). The van der Waals surface area contributed by atoms with Gasteiger partial charge in [0.15, 0.2) is 10.8 Å². The highest BCUT2D eigenvalue weighted by Crippen LogP contribution is 2.24. The van der Waals surface area contributed by atoms with Crippen LogP contribution in [0.5, 0.6) is 5.75 Å². The number of carbonyl (C=O) groups is 1. The molecular formula is C22H30N6O3S. The van der Waals surface area contributed by atoms with Crippen LogP contribution >= 0.6 is 11.8 Å². The molecule has 32 heavy (non-hydrogen) atoms. The van der Waals surface area contributed by atoms with Crippen LogP contribution in [0.4, 0.5) is 5.82 Å². The fraction of sp³-hybridized carbons (Fsp3) is 0.455. The molecule has 0 saturated heterocycles. The maximum atomic E-state index is 12.4. The first-order chi connectivity index (χ1) is 15.7. The van der Waals surface area contributed by atoms with Crippen molar-refractivity contribution < 1.29 is 14.3 Å². The van der Waals surface area contributed by atoms with E-state index in [2.05, 4.69) is 32.6 Å². The molecule has 10 heteroatoms. The van der Waals surface area contributed by atoms with Crippen molar-refractivity contribution in [3.05, 3.63) is 36.0 Å². The Morgan fingerprint density at radius 1 is 1.09 bits per heavy atom. The molecular weight excluding hydrogens is 428 g/mol. The Kier molecular flexibility index (Phi) is 9.12. The first-order valence-corrected chi connectivity index (χ1v) is 11.8. The van der Waals surface area contributed by atoms with Crippen molar-refractivity contribution in [2.24, 2.45) is 0 Å². The fourth-order valence-corrected chi connectivity index (χ4v) is 3.62. The molecule has 9 nitrogen and oxygen atoms in total. The minimum absolute atomic E-state index is 0.139. The third-order valence-electron chi connectivity index (χ3n) is 4.53. The van der Waals surface area contributed by atoms with E-state index in [1.54, 1.807) is 46.9 Å². The summed E-state index contributed by atoms with van der Waals surface area (Å²) in [5, 5.41) is 12.3. The van der Waals surface area contributed by atoms with Gasteiger partial charge in [-0.25, -0.2) is 14.6 Å². The Hall–Kier alpha value is -2.85. The molecule has 0 radical (unpaired) electrons. The summed E-state index contributed by atoms with van der Waals surface area (Å²) in [6, 6.07) is 7.10. The smallest absolute Gasteiger partial charge is 0.251 e. The minimum Gasteiger partial charge on any atom is -0.494 e. The highest BCUT2D eigenvalue weighted by atomic mass is 32.2. The number of amides is 1. The van der Waals surface area contributed by atoms with E-state index in [0.717, 1.165) is 28.4 Å². The van der Waals surface area contributed by atoms with Crippen LogP contribution in [-0.2, 0) is 11.3 Å². The summed E-state index contributed by atoms with van der Waals surface area (Å²) in [6.45, 7) is 9.41. The summed E-state index contributed by atoms with van der Waals surface area (Å²) in [7, 11) is 0. The monoisotopic (exact) mass is 458 g/mol. The molecule has 0 spiro atoms. The number of fused-ring (bicyclic) bond motifs is 1. The Bertz CT molecular complexity index is 1010. The molecule has 172 valence electrons. The maximum Gasteiger partial charge on any atom is 0.251 e. The van der Waals surface area contributed by atoms with Gasteiger partial charge in [-0.2, -0.15) is 5.10 Å². The highest BCUT2D eigenvalue weighted by molar-refractivity contribution is 7.99.